The van der Waals surface area contributed by atoms with Crippen LogP contribution in [0.2, 0.25) is 0 Å². The molecule has 0 spiro atoms. The molecule has 0 radical (unpaired) electrons. The number of carbonyl (C=O) groups is 1. The van der Waals surface area contributed by atoms with Crippen molar-refractivity contribution in [2.45, 2.75) is 6.54 Å². The molecule has 1 N–H and O–H groups in total. The fraction of sp³-hybridized carbons (Fsp3) is 0.0909. The molecular weight excluding hydrogens is 307 g/mol. The smallest absolute Gasteiger partial charge is 0.253 e. The standard InChI is InChI=1S/C11H8BrFN2OS/c12-8-3-4-17-9(8)6-15-11(16)7-1-2-10(13)14-5-7/h1-5H,6H2,(H,15,16). The third-order valence-electron chi connectivity index (χ3n) is 2.09. The fourth-order valence-electron chi connectivity index (χ4n) is 1.22. The van der Waals surface area contributed by atoms with Crippen molar-refractivity contribution in [2.24, 2.45) is 0 Å². The minimum absolute atomic E-state index is 0.266. The van der Waals surface area contributed by atoms with E-state index in [1.165, 1.54) is 12.3 Å². The molecule has 6 heteroatoms. The van der Waals surface area contributed by atoms with E-state index in [-0.39, 0.29) is 5.91 Å². The lowest BCUT2D eigenvalue weighted by molar-refractivity contribution is 0.0951. The highest BCUT2D eigenvalue weighted by molar-refractivity contribution is 9.10. The molecule has 2 aromatic rings. The van der Waals surface area contributed by atoms with Crippen LogP contribution in [0.5, 0.6) is 0 Å². The number of aromatic nitrogens is 1. The first-order valence-electron chi connectivity index (χ1n) is 4.78. The zero-order chi connectivity index (χ0) is 12.3. The van der Waals surface area contributed by atoms with Crippen LogP contribution in [0.1, 0.15) is 15.2 Å². The topological polar surface area (TPSA) is 42.0 Å². The van der Waals surface area contributed by atoms with E-state index in [0.717, 1.165) is 15.4 Å². The predicted molar refractivity (Wildman–Crippen MR) is 67.4 cm³/mol. The summed E-state index contributed by atoms with van der Waals surface area (Å²) < 4.78 is 13.5. The molecular formula is C11H8BrFN2OS. The Morgan fingerprint density at radius 3 is 2.88 bits per heavy atom. The van der Waals surface area contributed by atoms with Crippen molar-refractivity contribution < 1.29 is 9.18 Å². The fourth-order valence-corrected chi connectivity index (χ4v) is 2.66. The van der Waals surface area contributed by atoms with Crippen molar-refractivity contribution in [3.63, 3.8) is 0 Å². The summed E-state index contributed by atoms with van der Waals surface area (Å²) in [5, 5.41) is 4.68. The number of amides is 1. The second-order valence-corrected chi connectivity index (χ2v) is 5.10. The van der Waals surface area contributed by atoms with Gasteiger partial charge in [-0.05, 0) is 39.5 Å². The first-order chi connectivity index (χ1) is 8.16. The highest BCUT2D eigenvalue weighted by Gasteiger charge is 2.07. The van der Waals surface area contributed by atoms with E-state index in [2.05, 4.69) is 26.2 Å². The van der Waals surface area contributed by atoms with Crippen molar-refractivity contribution >= 4 is 33.2 Å². The summed E-state index contributed by atoms with van der Waals surface area (Å²) in [6, 6.07) is 4.49. The second-order valence-electron chi connectivity index (χ2n) is 3.24. The van der Waals surface area contributed by atoms with Gasteiger partial charge in [-0.15, -0.1) is 11.3 Å². The van der Waals surface area contributed by atoms with Crippen LogP contribution in [-0.4, -0.2) is 10.9 Å². The van der Waals surface area contributed by atoms with Gasteiger partial charge in [-0.1, -0.05) is 0 Å². The van der Waals surface area contributed by atoms with Gasteiger partial charge in [-0.2, -0.15) is 4.39 Å². The molecule has 0 atom stereocenters. The average molecular weight is 315 g/mol. The van der Waals surface area contributed by atoms with E-state index < -0.39 is 5.95 Å². The Hall–Kier alpha value is -1.27. The largest absolute Gasteiger partial charge is 0.347 e. The van der Waals surface area contributed by atoms with Crippen LogP contribution in [0, 0.1) is 5.95 Å². The lowest BCUT2D eigenvalue weighted by Crippen LogP contribution is -2.22. The van der Waals surface area contributed by atoms with Crippen molar-refractivity contribution in [3.05, 3.63) is 50.6 Å². The Kier molecular flexibility index (Phi) is 3.86. The van der Waals surface area contributed by atoms with E-state index >= 15 is 0 Å². The molecule has 2 rings (SSSR count). The third-order valence-corrected chi connectivity index (χ3v) is 4.02. The summed E-state index contributed by atoms with van der Waals surface area (Å²) in [5.41, 5.74) is 0.346. The summed E-state index contributed by atoms with van der Waals surface area (Å²) in [6.45, 7) is 0.439. The van der Waals surface area contributed by atoms with Crippen LogP contribution >= 0.6 is 27.3 Å². The van der Waals surface area contributed by atoms with Crippen LogP contribution in [0.15, 0.2) is 34.2 Å². The van der Waals surface area contributed by atoms with Crippen LogP contribution < -0.4 is 5.32 Å². The molecule has 0 aliphatic heterocycles. The van der Waals surface area contributed by atoms with Gasteiger partial charge < -0.3 is 5.32 Å². The Labute approximate surface area is 110 Å². The average Bonchev–Trinajstić information content (AvgIpc) is 2.73. The Morgan fingerprint density at radius 2 is 2.29 bits per heavy atom. The lowest BCUT2D eigenvalue weighted by atomic mass is 10.2. The summed E-state index contributed by atoms with van der Waals surface area (Å²) in [5.74, 6) is -0.861. The molecule has 0 saturated heterocycles. The minimum atomic E-state index is -0.595. The van der Waals surface area contributed by atoms with Gasteiger partial charge in [0.15, 0.2) is 0 Å². The van der Waals surface area contributed by atoms with Crippen LogP contribution in [0.3, 0.4) is 0 Å². The quantitative estimate of drug-likeness (QED) is 0.885. The Morgan fingerprint density at radius 1 is 1.47 bits per heavy atom. The first kappa shape index (κ1) is 12.2. The predicted octanol–water partition coefficient (Wildman–Crippen LogP) is 2.97. The number of nitrogens with zero attached hydrogens (tertiary/aromatic N) is 1. The number of halogens is 2. The SMILES string of the molecule is O=C(NCc1sccc1Br)c1ccc(F)nc1. The second kappa shape index (κ2) is 5.37. The molecule has 0 unspecified atom stereocenters. The zero-order valence-electron chi connectivity index (χ0n) is 8.61. The first-order valence-corrected chi connectivity index (χ1v) is 6.45. The van der Waals surface area contributed by atoms with E-state index in [4.69, 9.17) is 0 Å². The van der Waals surface area contributed by atoms with Crippen LogP contribution in [0.25, 0.3) is 0 Å². The normalized spacial score (nSPS) is 10.2. The highest BCUT2D eigenvalue weighted by atomic mass is 79.9. The zero-order valence-corrected chi connectivity index (χ0v) is 11.0. The number of nitrogens with one attached hydrogen (secondary N) is 1. The van der Waals surface area contributed by atoms with Gasteiger partial charge in [0, 0.05) is 15.5 Å². The minimum Gasteiger partial charge on any atom is -0.347 e. The molecule has 0 saturated carbocycles. The van der Waals surface area contributed by atoms with E-state index in [1.807, 2.05) is 11.4 Å². The van der Waals surface area contributed by atoms with Gasteiger partial charge in [0.25, 0.3) is 5.91 Å². The molecule has 2 aromatic heterocycles. The molecule has 0 fully saturated rings. The molecule has 88 valence electrons. The summed E-state index contributed by atoms with van der Waals surface area (Å²) in [4.78, 5) is 16.1. The van der Waals surface area contributed by atoms with E-state index in [0.29, 0.717) is 12.1 Å². The van der Waals surface area contributed by atoms with Crippen molar-refractivity contribution in [2.75, 3.05) is 0 Å². The summed E-state index contributed by atoms with van der Waals surface area (Å²) in [6.07, 6.45) is 1.22. The maximum atomic E-state index is 12.6. The van der Waals surface area contributed by atoms with Gasteiger partial charge in [-0.3, -0.25) is 4.79 Å². The summed E-state index contributed by atoms with van der Waals surface area (Å²) in [7, 11) is 0. The van der Waals surface area contributed by atoms with Gasteiger partial charge in [-0.25, -0.2) is 4.98 Å². The number of hydrogen-bond acceptors (Lipinski definition) is 3. The number of carbonyl (C=O) groups excluding carboxylic acids is 1. The number of pyridine rings is 1. The molecule has 17 heavy (non-hydrogen) atoms. The maximum Gasteiger partial charge on any atom is 0.253 e. The Balaban J connectivity index is 1.98. The maximum absolute atomic E-state index is 12.6. The molecule has 0 aliphatic rings. The van der Waals surface area contributed by atoms with Crippen LogP contribution in [-0.2, 0) is 6.54 Å². The van der Waals surface area contributed by atoms with Gasteiger partial charge in [0.05, 0.1) is 12.1 Å². The Bertz CT molecular complexity index is 527. The molecule has 0 aliphatic carbocycles. The monoisotopic (exact) mass is 314 g/mol. The molecule has 1 amide bonds. The molecule has 0 bridgehead atoms. The van der Waals surface area contributed by atoms with Crippen molar-refractivity contribution in [3.8, 4) is 0 Å². The molecule has 3 nitrogen and oxygen atoms in total. The number of hydrogen-bond donors (Lipinski definition) is 1. The third kappa shape index (κ3) is 3.10. The van der Waals surface area contributed by atoms with Crippen molar-refractivity contribution in [1.82, 2.24) is 10.3 Å². The van der Waals surface area contributed by atoms with Crippen LogP contribution in [0.4, 0.5) is 4.39 Å². The highest BCUT2D eigenvalue weighted by Crippen LogP contribution is 2.22. The number of thiophene rings is 1. The van der Waals surface area contributed by atoms with E-state index in [1.54, 1.807) is 11.3 Å². The molecule has 2 heterocycles. The lowest BCUT2D eigenvalue weighted by Gasteiger charge is -2.03. The van der Waals surface area contributed by atoms with Gasteiger partial charge >= 0.3 is 0 Å². The molecule has 0 aromatic carbocycles. The van der Waals surface area contributed by atoms with Gasteiger partial charge in [0.2, 0.25) is 5.95 Å². The van der Waals surface area contributed by atoms with Crippen molar-refractivity contribution in [1.29, 1.82) is 0 Å². The van der Waals surface area contributed by atoms with Gasteiger partial charge in [0.1, 0.15) is 0 Å². The summed E-state index contributed by atoms with van der Waals surface area (Å²) >= 11 is 4.93. The number of rotatable bonds is 3. The van der Waals surface area contributed by atoms with E-state index in [9.17, 15) is 9.18 Å².